The van der Waals surface area contributed by atoms with Crippen molar-refractivity contribution in [1.29, 1.82) is 0 Å². The van der Waals surface area contributed by atoms with Crippen LogP contribution in [0.1, 0.15) is 34.3 Å². The zero-order valence-corrected chi connectivity index (χ0v) is 15.2. The molecule has 0 spiro atoms. The van der Waals surface area contributed by atoms with Gasteiger partial charge in [0, 0.05) is 17.8 Å². The normalized spacial score (nSPS) is 14.2. The predicted molar refractivity (Wildman–Crippen MR) is 98.2 cm³/mol. The minimum absolute atomic E-state index is 0.181. The third kappa shape index (κ3) is 4.39. The molecule has 0 aromatic heterocycles. The number of hydrogen-bond acceptors (Lipinski definition) is 3. The van der Waals surface area contributed by atoms with E-state index in [9.17, 15) is 13.2 Å². The molecule has 1 saturated carbocycles. The Hall–Kier alpha value is -2.34. The van der Waals surface area contributed by atoms with Gasteiger partial charge in [-0.2, -0.15) is 0 Å². The Morgan fingerprint density at radius 1 is 1.12 bits per heavy atom. The molecule has 5 nitrogen and oxygen atoms in total. The van der Waals surface area contributed by atoms with Crippen LogP contribution in [0, 0.1) is 19.8 Å². The average Bonchev–Trinajstić information content (AvgIpc) is 3.39. The average molecular weight is 358 g/mol. The largest absolute Gasteiger partial charge is 0.352 e. The Bertz CT molecular complexity index is 903. The predicted octanol–water partition coefficient (Wildman–Crippen LogP) is 3.24. The summed E-state index contributed by atoms with van der Waals surface area (Å²) in [5.74, 6) is 0.412. The van der Waals surface area contributed by atoms with Gasteiger partial charge in [-0.1, -0.05) is 18.2 Å². The van der Waals surface area contributed by atoms with Gasteiger partial charge in [0.2, 0.25) is 0 Å². The quantitative estimate of drug-likeness (QED) is 0.832. The van der Waals surface area contributed by atoms with Crippen molar-refractivity contribution in [3.63, 3.8) is 0 Å². The molecule has 0 unspecified atom stereocenters. The molecule has 0 radical (unpaired) electrons. The van der Waals surface area contributed by atoms with Gasteiger partial charge in [-0.25, -0.2) is 8.42 Å². The van der Waals surface area contributed by atoms with Crippen LogP contribution in [0.25, 0.3) is 0 Å². The van der Waals surface area contributed by atoms with Crippen LogP contribution >= 0.6 is 0 Å². The molecule has 3 rings (SSSR count). The SMILES string of the molecule is Cc1ccc(C)c(S(=O)(=O)Nc2cccc(C(=O)NCC3CC3)c2)c1. The molecule has 0 bridgehead atoms. The standard InChI is InChI=1S/C19H22N2O3S/c1-13-6-7-14(2)18(10-13)25(23,24)21-17-5-3-4-16(11-17)19(22)20-12-15-8-9-15/h3-7,10-11,15,21H,8-9,12H2,1-2H3,(H,20,22). The zero-order chi connectivity index (χ0) is 18.0. The Morgan fingerprint density at radius 3 is 2.60 bits per heavy atom. The Balaban J connectivity index is 1.78. The number of hydrogen-bond donors (Lipinski definition) is 2. The van der Waals surface area contributed by atoms with Gasteiger partial charge in [0.05, 0.1) is 4.90 Å². The smallest absolute Gasteiger partial charge is 0.262 e. The van der Waals surface area contributed by atoms with Crippen LogP contribution in [0.3, 0.4) is 0 Å². The van der Waals surface area contributed by atoms with Crippen LogP contribution < -0.4 is 10.0 Å². The summed E-state index contributed by atoms with van der Waals surface area (Å²) in [5.41, 5.74) is 2.37. The lowest BCUT2D eigenvalue weighted by molar-refractivity contribution is 0.0952. The fourth-order valence-corrected chi connectivity index (χ4v) is 3.97. The first-order chi connectivity index (χ1) is 11.8. The molecular weight excluding hydrogens is 336 g/mol. The summed E-state index contributed by atoms with van der Waals surface area (Å²) in [5, 5.41) is 2.88. The maximum absolute atomic E-state index is 12.7. The molecule has 0 saturated heterocycles. The lowest BCUT2D eigenvalue weighted by atomic mass is 10.2. The maximum Gasteiger partial charge on any atom is 0.262 e. The van der Waals surface area contributed by atoms with Crippen LogP contribution in [-0.2, 0) is 10.0 Å². The Labute approximate surface area is 148 Å². The lowest BCUT2D eigenvalue weighted by Gasteiger charge is -2.12. The molecule has 25 heavy (non-hydrogen) atoms. The van der Waals surface area contributed by atoms with Crippen molar-refractivity contribution in [3.8, 4) is 0 Å². The molecule has 1 fully saturated rings. The van der Waals surface area contributed by atoms with E-state index in [1.165, 1.54) is 0 Å². The van der Waals surface area contributed by atoms with Crippen LogP contribution in [0.4, 0.5) is 5.69 Å². The molecule has 0 atom stereocenters. The van der Waals surface area contributed by atoms with Gasteiger partial charge in [0.25, 0.3) is 15.9 Å². The minimum atomic E-state index is -3.71. The van der Waals surface area contributed by atoms with E-state index in [4.69, 9.17) is 0 Å². The van der Waals surface area contributed by atoms with Crippen molar-refractivity contribution in [1.82, 2.24) is 5.32 Å². The van der Waals surface area contributed by atoms with E-state index in [1.807, 2.05) is 13.0 Å². The summed E-state index contributed by atoms with van der Waals surface area (Å²) in [6.07, 6.45) is 2.33. The number of sulfonamides is 1. The summed E-state index contributed by atoms with van der Waals surface area (Å²) in [6.45, 7) is 4.29. The summed E-state index contributed by atoms with van der Waals surface area (Å²) in [6, 6.07) is 11.9. The van der Waals surface area contributed by atoms with E-state index in [0.717, 1.165) is 18.4 Å². The number of aryl methyl sites for hydroxylation is 2. The van der Waals surface area contributed by atoms with Gasteiger partial charge in [-0.3, -0.25) is 9.52 Å². The third-order valence-electron chi connectivity index (χ3n) is 4.26. The Kier molecular flexibility index (Phi) is 4.81. The molecule has 2 aromatic carbocycles. The number of rotatable bonds is 6. The molecule has 132 valence electrons. The molecule has 2 N–H and O–H groups in total. The van der Waals surface area contributed by atoms with Crippen molar-refractivity contribution >= 4 is 21.6 Å². The van der Waals surface area contributed by atoms with Crippen LogP contribution in [0.15, 0.2) is 47.4 Å². The van der Waals surface area contributed by atoms with Gasteiger partial charge in [-0.15, -0.1) is 0 Å². The van der Waals surface area contributed by atoms with Gasteiger partial charge >= 0.3 is 0 Å². The van der Waals surface area contributed by atoms with E-state index in [-0.39, 0.29) is 10.8 Å². The highest BCUT2D eigenvalue weighted by molar-refractivity contribution is 7.92. The van der Waals surface area contributed by atoms with Crippen molar-refractivity contribution in [3.05, 3.63) is 59.2 Å². The van der Waals surface area contributed by atoms with Gasteiger partial charge in [0.15, 0.2) is 0 Å². The van der Waals surface area contributed by atoms with E-state index in [2.05, 4.69) is 10.0 Å². The number of anilines is 1. The summed E-state index contributed by atoms with van der Waals surface area (Å²) < 4.78 is 27.9. The van der Waals surface area contributed by atoms with Crippen LogP contribution in [-0.4, -0.2) is 20.9 Å². The minimum Gasteiger partial charge on any atom is -0.352 e. The molecule has 0 heterocycles. The lowest BCUT2D eigenvalue weighted by Crippen LogP contribution is -2.25. The topological polar surface area (TPSA) is 75.3 Å². The fourth-order valence-electron chi connectivity index (χ4n) is 2.59. The van der Waals surface area contributed by atoms with Crippen LogP contribution in [0.5, 0.6) is 0 Å². The van der Waals surface area contributed by atoms with Gasteiger partial charge in [0.1, 0.15) is 0 Å². The van der Waals surface area contributed by atoms with Crippen molar-refractivity contribution in [2.45, 2.75) is 31.6 Å². The van der Waals surface area contributed by atoms with Gasteiger partial charge in [-0.05, 0) is 68.0 Å². The second kappa shape index (κ2) is 6.88. The highest BCUT2D eigenvalue weighted by atomic mass is 32.2. The molecule has 1 aliphatic rings. The van der Waals surface area contributed by atoms with E-state index < -0.39 is 10.0 Å². The van der Waals surface area contributed by atoms with Crippen LogP contribution in [0.2, 0.25) is 0 Å². The highest BCUT2D eigenvalue weighted by Crippen LogP contribution is 2.27. The molecule has 6 heteroatoms. The first-order valence-corrected chi connectivity index (χ1v) is 9.82. The molecule has 1 aliphatic carbocycles. The number of carbonyl (C=O) groups is 1. The molecular formula is C19H22N2O3S. The third-order valence-corrected chi connectivity index (χ3v) is 5.78. The van der Waals surface area contributed by atoms with E-state index in [1.54, 1.807) is 43.3 Å². The van der Waals surface area contributed by atoms with Crippen molar-refractivity contribution in [2.24, 2.45) is 5.92 Å². The number of carbonyl (C=O) groups excluding carboxylic acids is 1. The number of amides is 1. The second-order valence-corrected chi connectivity index (χ2v) is 8.26. The van der Waals surface area contributed by atoms with Crippen molar-refractivity contribution in [2.75, 3.05) is 11.3 Å². The summed E-state index contributed by atoms with van der Waals surface area (Å²) in [4.78, 5) is 12.4. The molecule has 1 amide bonds. The maximum atomic E-state index is 12.7. The monoisotopic (exact) mass is 358 g/mol. The number of nitrogens with one attached hydrogen (secondary N) is 2. The van der Waals surface area contributed by atoms with Gasteiger partial charge < -0.3 is 5.32 Å². The summed E-state index contributed by atoms with van der Waals surface area (Å²) >= 11 is 0. The molecule has 2 aromatic rings. The fraction of sp³-hybridized carbons (Fsp3) is 0.316. The second-order valence-electron chi connectivity index (χ2n) is 6.61. The van der Waals surface area contributed by atoms with E-state index >= 15 is 0 Å². The van der Waals surface area contributed by atoms with E-state index in [0.29, 0.717) is 29.3 Å². The highest BCUT2D eigenvalue weighted by Gasteiger charge is 2.22. The first kappa shape index (κ1) is 17.5. The number of benzene rings is 2. The Morgan fingerprint density at radius 2 is 1.88 bits per heavy atom. The zero-order valence-electron chi connectivity index (χ0n) is 14.4. The van der Waals surface area contributed by atoms with Crippen molar-refractivity contribution < 1.29 is 13.2 Å². The molecule has 0 aliphatic heterocycles. The summed E-state index contributed by atoms with van der Waals surface area (Å²) in [7, 11) is -3.71. The first-order valence-electron chi connectivity index (χ1n) is 8.33.